The number of fused-ring (bicyclic) bond motifs is 1. The second-order valence-electron chi connectivity index (χ2n) is 5.54. The predicted octanol–water partition coefficient (Wildman–Crippen LogP) is 1.43. The zero-order chi connectivity index (χ0) is 14.1. The summed E-state index contributed by atoms with van der Waals surface area (Å²) in [6, 6.07) is 0.158. The molecular weight excluding hydrogens is 270 g/mol. The summed E-state index contributed by atoms with van der Waals surface area (Å²) >= 11 is 1.69. The Labute approximate surface area is 124 Å². The number of piperazine rings is 1. The van der Waals surface area contributed by atoms with E-state index in [2.05, 4.69) is 39.6 Å². The molecule has 20 heavy (non-hydrogen) atoms. The SMILES string of the molecule is CCN1CCN(c2nc3sccn3c2CC(C)N)CC1. The molecule has 5 nitrogen and oxygen atoms in total. The van der Waals surface area contributed by atoms with Crippen LogP contribution in [0.5, 0.6) is 0 Å². The van der Waals surface area contributed by atoms with Gasteiger partial charge in [-0.2, -0.15) is 0 Å². The fraction of sp³-hybridized carbons (Fsp3) is 0.643. The van der Waals surface area contributed by atoms with Gasteiger partial charge in [0.2, 0.25) is 0 Å². The minimum Gasteiger partial charge on any atom is -0.352 e. The first-order valence-electron chi connectivity index (χ1n) is 7.36. The molecule has 0 amide bonds. The quantitative estimate of drug-likeness (QED) is 0.926. The van der Waals surface area contributed by atoms with Crippen LogP contribution in [-0.4, -0.2) is 53.1 Å². The zero-order valence-corrected chi connectivity index (χ0v) is 13.1. The molecule has 0 saturated carbocycles. The number of anilines is 1. The lowest BCUT2D eigenvalue weighted by Crippen LogP contribution is -2.46. The van der Waals surface area contributed by atoms with Crippen LogP contribution in [0, 0.1) is 0 Å². The first kappa shape index (κ1) is 13.9. The summed E-state index contributed by atoms with van der Waals surface area (Å²) in [5.74, 6) is 1.14. The summed E-state index contributed by atoms with van der Waals surface area (Å²) < 4.78 is 2.20. The van der Waals surface area contributed by atoms with Gasteiger partial charge in [-0.15, -0.1) is 11.3 Å². The van der Waals surface area contributed by atoms with E-state index < -0.39 is 0 Å². The van der Waals surface area contributed by atoms with E-state index in [1.807, 2.05) is 0 Å². The molecule has 2 aromatic rings. The Morgan fingerprint density at radius 2 is 2.10 bits per heavy atom. The van der Waals surface area contributed by atoms with E-state index in [0.717, 1.165) is 49.9 Å². The third-order valence-electron chi connectivity index (χ3n) is 3.97. The molecule has 0 radical (unpaired) electrons. The third-order valence-corrected chi connectivity index (χ3v) is 4.73. The molecule has 3 heterocycles. The van der Waals surface area contributed by atoms with Gasteiger partial charge in [-0.3, -0.25) is 4.40 Å². The fourth-order valence-electron chi connectivity index (χ4n) is 2.84. The molecule has 1 aliphatic heterocycles. The van der Waals surface area contributed by atoms with Gasteiger partial charge in [-0.1, -0.05) is 6.92 Å². The maximum absolute atomic E-state index is 6.02. The lowest BCUT2D eigenvalue weighted by Gasteiger charge is -2.34. The minimum atomic E-state index is 0.158. The highest BCUT2D eigenvalue weighted by Crippen LogP contribution is 2.26. The van der Waals surface area contributed by atoms with Crippen molar-refractivity contribution in [2.24, 2.45) is 5.73 Å². The minimum absolute atomic E-state index is 0.158. The van der Waals surface area contributed by atoms with Gasteiger partial charge in [0.05, 0.1) is 5.69 Å². The number of thiazole rings is 1. The first-order chi connectivity index (χ1) is 9.69. The number of aromatic nitrogens is 2. The standard InChI is InChI=1S/C14H23N5S/c1-3-17-4-6-18(7-5-17)13-12(10-11(2)15)19-8-9-20-14(19)16-13/h8-9,11H,3-7,10,15H2,1-2H3. The highest BCUT2D eigenvalue weighted by atomic mass is 32.1. The van der Waals surface area contributed by atoms with Gasteiger partial charge < -0.3 is 15.5 Å². The van der Waals surface area contributed by atoms with Crippen LogP contribution in [0.15, 0.2) is 11.6 Å². The molecule has 3 rings (SSSR count). The van der Waals surface area contributed by atoms with Crippen LogP contribution in [-0.2, 0) is 6.42 Å². The second kappa shape index (κ2) is 5.71. The first-order valence-corrected chi connectivity index (χ1v) is 8.24. The van der Waals surface area contributed by atoms with E-state index in [9.17, 15) is 0 Å². The molecule has 1 fully saturated rings. The predicted molar refractivity (Wildman–Crippen MR) is 84.7 cm³/mol. The lowest BCUT2D eigenvalue weighted by molar-refractivity contribution is 0.270. The molecule has 0 spiro atoms. The lowest BCUT2D eigenvalue weighted by atomic mass is 10.2. The smallest absolute Gasteiger partial charge is 0.195 e. The van der Waals surface area contributed by atoms with Crippen molar-refractivity contribution in [3.05, 3.63) is 17.3 Å². The monoisotopic (exact) mass is 293 g/mol. The van der Waals surface area contributed by atoms with E-state index in [0.29, 0.717) is 0 Å². The van der Waals surface area contributed by atoms with E-state index >= 15 is 0 Å². The average molecular weight is 293 g/mol. The number of hydrogen-bond acceptors (Lipinski definition) is 5. The number of imidazole rings is 1. The number of hydrogen-bond donors (Lipinski definition) is 1. The molecule has 0 aliphatic carbocycles. The summed E-state index contributed by atoms with van der Waals surface area (Å²) in [6.07, 6.45) is 2.98. The largest absolute Gasteiger partial charge is 0.352 e. The van der Waals surface area contributed by atoms with E-state index in [4.69, 9.17) is 10.7 Å². The van der Waals surface area contributed by atoms with Crippen LogP contribution >= 0.6 is 11.3 Å². The topological polar surface area (TPSA) is 49.8 Å². The number of likely N-dealkylation sites (N-methyl/N-ethyl adjacent to an activating group) is 1. The Kier molecular flexibility index (Phi) is 3.96. The van der Waals surface area contributed by atoms with Crippen molar-refractivity contribution in [2.45, 2.75) is 26.3 Å². The van der Waals surface area contributed by atoms with Crippen molar-refractivity contribution < 1.29 is 0 Å². The van der Waals surface area contributed by atoms with Crippen LogP contribution < -0.4 is 10.6 Å². The molecule has 1 aliphatic rings. The van der Waals surface area contributed by atoms with Crippen molar-refractivity contribution in [1.82, 2.24) is 14.3 Å². The van der Waals surface area contributed by atoms with Gasteiger partial charge in [0.1, 0.15) is 0 Å². The molecule has 0 aromatic carbocycles. The fourth-order valence-corrected chi connectivity index (χ4v) is 3.57. The molecule has 1 atom stereocenters. The van der Waals surface area contributed by atoms with Crippen LogP contribution in [0.2, 0.25) is 0 Å². The zero-order valence-electron chi connectivity index (χ0n) is 12.2. The van der Waals surface area contributed by atoms with Gasteiger partial charge in [0.15, 0.2) is 10.8 Å². The number of rotatable bonds is 4. The van der Waals surface area contributed by atoms with Gasteiger partial charge >= 0.3 is 0 Å². The van der Waals surface area contributed by atoms with Crippen molar-refractivity contribution in [1.29, 1.82) is 0 Å². The molecular formula is C14H23N5S. The molecule has 0 bridgehead atoms. The van der Waals surface area contributed by atoms with Gasteiger partial charge in [0.25, 0.3) is 0 Å². The van der Waals surface area contributed by atoms with Gasteiger partial charge in [-0.25, -0.2) is 4.98 Å². The maximum atomic E-state index is 6.02. The number of nitrogens with zero attached hydrogens (tertiary/aromatic N) is 4. The van der Waals surface area contributed by atoms with Crippen LogP contribution in [0.4, 0.5) is 5.82 Å². The Hall–Kier alpha value is -1.11. The maximum Gasteiger partial charge on any atom is 0.195 e. The van der Waals surface area contributed by atoms with Crippen molar-refractivity contribution in [2.75, 3.05) is 37.6 Å². The van der Waals surface area contributed by atoms with Crippen molar-refractivity contribution in [3.8, 4) is 0 Å². The Morgan fingerprint density at radius 3 is 2.75 bits per heavy atom. The van der Waals surface area contributed by atoms with Gasteiger partial charge in [0, 0.05) is 50.2 Å². The van der Waals surface area contributed by atoms with Gasteiger partial charge in [-0.05, 0) is 13.5 Å². The summed E-state index contributed by atoms with van der Waals surface area (Å²) in [5.41, 5.74) is 7.29. The van der Waals surface area contributed by atoms with E-state index in [-0.39, 0.29) is 6.04 Å². The summed E-state index contributed by atoms with van der Waals surface area (Å²) in [6.45, 7) is 9.79. The van der Waals surface area contributed by atoms with Crippen LogP contribution in [0.3, 0.4) is 0 Å². The highest BCUT2D eigenvalue weighted by Gasteiger charge is 2.23. The molecule has 1 saturated heterocycles. The van der Waals surface area contributed by atoms with Crippen molar-refractivity contribution in [3.63, 3.8) is 0 Å². The summed E-state index contributed by atoms with van der Waals surface area (Å²) in [7, 11) is 0. The molecule has 6 heteroatoms. The Morgan fingerprint density at radius 1 is 1.35 bits per heavy atom. The molecule has 1 unspecified atom stereocenters. The third kappa shape index (κ3) is 2.55. The van der Waals surface area contributed by atoms with E-state index in [1.54, 1.807) is 11.3 Å². The van der Waals surface area contributed by atoms with Crippen molar-refractivity contribution >= 4 is 22.1 Å². The van der Waals surface area contributed by atoms with E-state index in [1.165, 1.54) is 5.69 Å². The normalized spacial score (nSPS) is 18.9. The Bertz CT molecular complexity index is 565. The van der Waals surface area contributed by atoms with Crippen LogP contribution in [0.25, 0.3) is 4.96 Å². The Balaban J connectivity index is 1.88. The highest BCUT2D eigenvalue weighted by molar-refractivity contribution is 7.15. The summed E-state index contributed by atoms with van der Waals surface area (Å²) in [4.78, 5) is 10.8. The molecule has 110 valence electrons. The van der Waals surface area contributed by atoms with Crippen LogP contribution in [0.1, 0.15) is 19.5 Å². The number of nitrogens with two attached hydrogens (primary N) is 1. The molecule has 2 N–H and O–H groups in total. The second-order valence-corrected chi connectivity index (χ2v) is 6.41. The summed E-state index contributed by atoms with van der Waals surface area (Å²) in [5, 5.41) is 2.09. The molecule has 2 aromatic heterocycles. The average Bonchev–Trinajstić information content (AvgIpc) is 3.01.